The maximum atomic E-state index is 13.6. The summed E-state index contributed by atoms with van der Waals surface area (Å²) in [6.07, 6.45) is 1.62. The van der Waals surface area contributed by atoms with Crippen LogP contribution in [-0.4, -0.2) is 39.8 Å². The zero-order valence-corrected chi connectivity index (χ0v) is 21.3. The molecule has 5 rings (SSSR count). The Kier molecular flexibility index (Phi) is 6.46. The Morgan fingerprint density at radius 1 is 1.08 bits per heavy atom. The van der Waals surface area contributed by atoms with Crippen molar-refractivity contribution in [2.75, 3.05) is 13.7 Å². The lowest BCUT2D eigenvalue weighted by atomic mass is 9.94. The summed E-state index contributed by atoms with van der Waals surface area (Å²) < 4.78 is 5.26. The Hall–Kier alpha value is -3.77. The van der Waals surface area contributed by atoms with Gasteiger partial charge in [0.05, 0.1) is 13.2 Å². The van der Waals surface area contributed by atoms with E-state index >= 15 is 0 Å². The molecule has 0 saturated carbocycles. The second-order valence-electron chi connectivity index (χ2n) is 9.07. The minimum Gasteiger partial charge on any atom is -0.507 e. The van der Waals surface area contributed by atoms with Gasteiger partial charge in [-0.3, -0.25) is 9.89 Å². The van der Waals surface area contributed by atoms with E-state index in [1.807, 2.05) is 36.1 Å². The summed E-state index contributed by atoms with van der Waals surface area (Å²) in [4.78, 5) is 15.5. The van der Waals surface area contributed by atoms with Crippen LogP contribution in [0.3, 0.4) is 0 Å². The number of phenolic OH excluding ortho intramolecular Hbond substituents is 1. The highest BCUT2D eigenvalue weighted by Crippen LogP contribution is 2.45. The molecule has 6 nitrogen and oxygen atoms in total. The molecule has 0 unspecified atom stereocenters. The van der Waals surface area contributed by atoms with E-state index in [-0.39, 0.29) is 17.7 Å². The molecule has 7 heteroatoms. The quantitative estimate of drug-likeness (QED) is 0.320. The fourth-order valence-corrected chi connectivity index (χ4v) is 4.98. The summed E-state index contributed by atoms with van der Waals surface area (Å²) in [5.41, 5.74) is 6.35. The first-order valence-corrected chi connectivity index (χ1v) is 12.4. The first-order chi connectivity index (χ1) is 17.4. The number of rotatable bonds is 7. The Bertz CT molecular complexity index is 1410. The summed E-state index contributed by atoms with van der Waals surface area (Å²) in [6, 6.07) is 19.2. The van der Waals surface area contributed by atoms with Crippen molar-refractivity contribution in [1.82, 2.24) is 15.1 Å². The second kappa shape index (κ2) is 9.70. The van der Waals surface area contributed by atoms with Crippen molar-refractivity contribution in [1.29, 1.82) is 0 Å². The predicted molar refractivity (Wildman–Crippen MR) is 141 cm³/mol. The molecule has 1 aliphatic heterocycles. The van der Waals surface area contributed by atoms with Gasteiger partial charge in [-0.25, -0.2) is 0 Å². The van der Waals surface area contributed by atoms with E-state index in [1.165, 1.54) is 5.56 Å². The summed E-state index contributed by atoms with van der Waals surface area (Å²) in [7, 11) is 1.64. The van der Waals surface area contributed by atoms with Crippen LogP contribution in [0.2, 0.25) is 5.02 Å². The molecule has 0 bridgehead atoms. The molecule has 36 heavy (non-hydrogen) atoms. The number of nitrogens with one attached hydrogen (secondary N) is 1. The Labute approximate surface area is 215 Å². The van der Waals surface area contributed by atoms with Gasteiger partial charge in [-0.1, -0.05) is 54.9 Å². The SMILES string of the molecule is CCc1ccc([C@H]2c3c(-c4cc(Cl)c(C)cc4O)n[nH]c3C(=O)N2CCc2ccc(OC)cc2)cc1. The first kappa shape index (κ1) is 23.9. The number of carbonyl (C=O) groups is 1. The number of hydrogen-bond acceptors (Lipinski definition) is 4. The average molecular weight is 502 g/mol. The van der Waals surface area contributed by atoms with Crippen molar-refractivity contribution in [2.24, 2.45) is 0 Å². The van der Waals surface area contributed by atoms with Crippen molar-refractivity contribution < 1.29 is 14.6 Å². The maximum Gasteiger partial charge on any atom is 0.273 e. The molecule has 2 N–H and O–H groups in total. The molecule has 0 spiro atoms. The monoisotopic (exact) mass is 501 g/mol. The van der Waals surface area contributed by atoms with Gasteiger partial charge in [0.1, 0.15) is 22.9 Å². The first-order valence-electron chi connectivity index (χ1n) is 12.0. The van der Waals surface area contributed by atoms with Gasteiger partial charge in [0.15, 0.2) is 0 Å². The minimum absolute atomic E-state index is 0.0791. The van der Waals surface area contributed by atoms with E-state index in [0.29, 0.717) is 34.9 Å². The number of halogens is 1. The van der Waals surface area contributed by atoms with E-state index < -0.39 is 0 Å². The number of aryl methyl sites for hydroxylation is 2. The number of carbonyl (C=O) groups excluding carboxylic acids is 1. The highest BCUT2D eigenvalue weighted by Gasteiger charge is 2.42. The van der Waals surface area contributed by atoms with Crippen LogP contribution < -0.4 is 4.74 Å². The Morgan fingerprint density at radius 3 is 2.44 bits per heavy atom. The molecule has 0 aliphatic carbocycles. The summed E-state index contributed by atoms with van der Waals surface area (Å²) >= 11 is 6.40. The normalized spacial score (nSPS) is 14.8. The predicted octanol–water partition coefficient (Wildman–Crippen LogP) is 6.10. The number of methoxy groups -OCH3 is 1. The molecule has 1 amide bonds. The highest BCUT2D eigenvalue weighted by atomic mass is 35.5. The van der Waals surface area contributed by atoms with Crippen molar-refractivity contribution in [2.45, 2.75) is 32.7 Å². The van der Waals surface area contributed by atoms with E-state index in [9.17, 15) is 9.90 Å². The van der Waals surface area contributed by atoms with Crippen molar-refractivity contribution in [3.05, 3.63) is 99.2 Å². The number of hydrogen-bond donors (Lipinski definition) is 2. The number of ether oxygens (including phenoxy) is 1. The number of aromatic amines is 1. The lowest BCUT2D eigenvalue weighted by molar-refractivity contribution is 0.0746. The van der Waals surface area contributed by atoms with Gasteiger partial charge in [0.25, 0.3) is 5.91 Å². The molecule has 184 valence electrons. The number of H-pyrrole nitrogens is 1. The van der Waals surface area contributed by atoms with Crippen molar-refractivity contribution in [3.63, 3.8) is 0 Å². The largest absolute Gasteiger partial charge is 0.507 e. The Morgan fingerprint density at radius 2 is 1.78 bits per heavy atom. The van der Waals surface area contributed by atoms with E-state index in [1.54, 1.807) is 19.2 Å². The van der Waals surface area contributed by atoms with Crippen molar-refractivity contribution in [3.8, 4) is 22.8 Å². The molecule has 0 saturated heterocycles. The van der Waals surface area contributed by atoms with Gasteiger partial charge in [-0.2, -0.15) is 5.10 Å². The molecule has 1 atom stereocenters. The fourth-order valence-electron chi connectivity index (χ4n) is 4.81. The average Bonchev–Trinajstić information content (AvgIpc) is 3.44. The fraction of sp³-hybridized carbons (Fsp3) is 0.241. The molecule has 0 fully saturated rings. The third-order valence-corrected chi connectivity index (χ3v) is 7.31. The lowest BCUT2D eigenvalue weighted by Gasteiger charge is -2.27. The van der Waals surface area contributed by atoms with Crippen LogP contribution in [0.5, 0.6) is 11.5 Å². The number of fused-ring (bicyclic) bond motifs is 1. The third kappa shape index (κ3) is 4.22. The van der Waals surface area contributed by atoms with E-state index in [4.69, 9.17) is 16.3 Å². The smallest absolute Gasteiger partial charge is 0.273 e. The van der Waals surface area contributed by atoms with Crippen molar-refractivity contribution >= 4 is 17.5 Å². The molecule has 2 heterocycles. The molecular weight excluding hydrogens is 474 g/mol. The number of nitrogens with zero attached hydrogens (tertiary/aromatic N) is 2. The van der Waals surface area contributed by atoms with Gasteiger partial charge in [0.2, 0.25) is 0 Å². The number of aromatic nitrogens is 2. The van der Waals surface area contributed by atoms with Crippen LogP contribution in [-0.2, 0) is 12.8 Å². The number of benzene rings is 3. The maximum absolute atomic E-state index is 13.6. The zero-order valence-electron chi connectivity index (χ0n) is 20.5. The van der Waals surface area contributed by atoms with Crippen LogP contribution in [0.4, 0.5) is 0 Å². The molecule has 0 radical (unpaired) electrons. The number of amides is 1. The minimum atomic E-state index is -0.343. The second-order valence-corrected chi connectivity index (χ2v) is 9.48. The van der Waals surface area contributed by atoms with Crippen LogP contribution in [0.15, 0.2) is 60.7 Å². The van der Waals surface area contributed by atoms with Gasteiger partial charge >= 0.3 is 0 Å². The molecular formula is C29H28ClN3O3. The molecule has 1 aromatic heterocycles. The Balaban J connectivity index is 1.57. The molecule has 4 aromatic rings. The zero-order chi connectivity index (χ0) is 25.4. The topological polar surface area (TPSA) is 78.5 Å². The number of aromatic hydroxyl groups is 1. The van der Waals surface area contributed by atoms with Crippen LogP contribution in [0, 0.1) is 6.92 Å². The summed E-state index contributed by atoms with van der Waals surface area (Å²) in [5, 5.41) is 18.7. The molecule has 1 aliphatic rings. The summed E-state index contributed by atoms with van der Waals surface area (Å²) in [6.45, 7) is 4.47. The van der Waals surface area contributed by atoms with Crippen LogP contribution in [0.1, 0.15) is 51.3 Å². The highest BCUT2D eigenvalue weighted by molar-refractivity contribution is 6.31. The van der Waals surface area contributed by atoms with Gasteiger partial charge in [-0.15, -0.1) is 0 Å². The van der Waals surface area contributed by atoms with E-state index in [2.05, 4.69) is 41.4 Å². The molecule has 3 aromatic carbocycles. The van der Waals surface area contributed by atoms with Crippen LogP contribution in [0.25, 0.3) is 11.3 Å². The standard InChI is InChI=1S/C29H28ClN3O3/c1-4-18-5-9-20(10-6-18)28-25-26(22-16-23(30)17(2)15-24(22)34)31-32-27(25)29(35)33(28)14-13-19-7-11-21(36-3)12-8-19/h5-12,15-16,28,34H,4,13-14H2,1-3H3,(H,31,32)/t28-/m0/s1. The van der Waals surface area contributed by atoms with E-state index in [0.717, 1.165) is 34.4 Å². The van der Waals surface area contributed by atoms with Gasteiger partial charge in [0, 0.05) is 22.7 Å². The van der Waals surface area contributed by atoms with Crippen LogP contribution >= 0.6 is 11.6 Å². The van der Waals surface area contributed by atoms with Gasteiger partial charge in [-0.05, 0) is 66.3 Å². The summed E-state index contributed by atoms with van der Waals surface area (Å²) in [5.74, 6) is 0.766. The number of phenols is 1. The lowest BCUT2D eigenvalue weighted by Crippen LogP contribution is -2.31. The van der Waals surface area contributed by atoms with Gasteiger partial charge < -0.3 is 14.7 Å². The third-order valence-electron chi connectivity index (χ3n) is 6.90.